The first-order chi connectivity index (χ1) is 14.5. The van der Waals surface area contributed by atoms with Crippen LogP contribution in [0.2, 0.25) is 0 Å². The zero-order valence-electron chi connectivity index (χ0n) is 17.5. The monoisotopic (exact) mass is 431 g/mol. The predicted octanol–water partition coefficient (Wildman–Crippen LogP) is 5.34. The summed E-state index contributed by atoms with van der Waals surface area (Å²) in [6.07, 6.45) is -4.77. The quantitative estimate of drug-likeness (QED) is 0.592. The average Bonchev–Trinajstić information content (AvgIpc) is 3.12. The summed E-state index contributed by atoms with van der Waals surface area (Å²) in [7, 11) is 1.96. The van der Waals surface area contributed by atoms with Gasteiger partial charge in [0, 0.05) is 24.1 Å². The molecule has 0 bridgehead atoms. The summed E-state index contributed by atoms with van der Waals surface area (Å²) in [5.41, 5.74) is 0.0154. The minimum absolute atomic E-state index is 0.325. The number of nitrogens with zero attached hydrogens (tertiary/aromatic N) is 1. The van der Waals surface area contributed by atoms with Crippen molar-refractivity contribution in [2.24, 2.45) is 5.41 Å². The Hall–Kier alpha value is -2.77. The third kappa shape index (κ3) is 3.95. The number of aryl methyl sites for hydroxylation is 1. The number of hydrogen-bond donors (Lipinski definition) is 1. The summed E-state index contributed by atoms with van der Waals surface area (Å²) >= 11 is 0. The second-order valence-electron chi connectivity index (χ2n) is 8.51. The van der Waals surface area contributed by atoms with Gasteiger partial charge < -0.3 is 19.2 Å². The summed E-state index contributed by atoms with van der Waals surface area (Å²) in [6.45, 7) is 5.11. The van der Waals surface area contributed by atoms with E-state index in [1.807, 2.05) is 57.3 Å². The average molecular weight is 431 g/mol. The molecular formula is C24H24F3NO3. The molecule has 1 aliphatic rings. The van der Waals surface area contributed by atoms with Crippen molar-refractivity contribution in [1.29, 1.82) is 0 Å². The Balaban J connectivity index is 1.78. The van der Waals surface area contributed by atoms with Gasteiger partial charge in [-0.1, -0.05) is 37.3 Å². The molecule has 3 aromatic rings. The standard InChI is InChI=1S/C24H24F3NO3/c1-16-7-12-21(30-16)17-5-4-6-19(13-17)23(29,22(2)14-28(3)15-22)18-8-10-20(11-9-18)31-24(25,26)27/h4-13,29H,14-15H2,1-3H3. The number of ether oxygens (including phenoxy) is 1. The first-order valence-electron chi connectivity index (χ1n) is 9.95. The van der Waals surface area contributed by atoms with Crippen LogP contribution >= 0.6 is 0 Å². The van der Waals surface area contributed by atoms with Gasteiger partial charge in [0.2, 0.25) is 0 Å². The van der Waals surface area contributed by atoms with E-state index >= 15 is 0 Å². The predicted molar refractivity (Wildman–Crippen MR) is 111 cm³/mol. The molecule has 0 spiro atoms. The van der Waals surface area contributed by atoms with Gasteiger partial charge in [0.05, 0.1) is 0 Å². The highest BCUT2D eigenvalue weighted by Gasteiger charge is 2.55. The third-order valence-electron chi connectivity index (χ3n) is 5.92. The Morgan fingerprint density at radius 1 is 1.00 bits per heavy atom. The van der Waals surface area contributed by atoms with E-state index in [-0.39, 0.29) is 5.75 Å². The van der Waals surface area contributed by atoms with Gasteiger partial charge in [-0.2, -0.15) is 0 Å². The SMILES string of the molecule is Cc1ccc(-c2cccc(C(O)(c3ccc(OC(F)(F)F)cc3)C3(C)CN(C)C3)c2)o1. The van der Waals surface area contributed by atoms with E-state index in [4.69, 9.17) is 4.42 Å². The van der Waals surface area contributed by atoms with Gasteiger partial charge in [0.25, 0.3) is 0 Å². The lowest BCUT2D eigenvalue weighted by Gasteiger charge is -2.56. The van der Waals surface area contributed by atoms with Crippen molar-refractivity contribution in [3.05, 3.63) is 77.6 Å². The normalized spacial score (nSPS) is 18.3. The summed E-state index contributed by atoms with van der Waals surface area (Å²) in [5, 5.41) is 12.1. The van der Waals surface area contributed by atoms with Crippen LogP contribution < -0.4 is 4.74 Å². The topological polar surface area (TPSA) is 45.8 Å². The molecule has 31 heavy (non-hydrogen) atoms. The van der Waals surface area contributed by atoms with Crippen molar-refractivity contribution in [2.75, 3.05) is 20.1 Å². The highest BCUT2D eigenvalue weighted by molar-refractivity contribution is 5.60. The van der Waals surface area contributed by atoms with Gasteiger partial charge in [-0.3, -0.25) is 0 Å². The Bertz CT molecular complexity index is 1070. The molecule has 1 N–H and O–H groups in total. The second-order valence-corrected chi connectivity index (χ2v) is 8.51. The van der Waals surface area contributed by atoms with Crippen LogP contribution in [-0.2, 0) is 5.60 Å². The van der Waals surface area contributed by atoms with Crippen molar-refractivity contribution < 1.29 is 27.4 Å². The lowest BCUT2D eigenvalue weighted by atomic mass is 9.62. The van der Waals surface area contributed by atoms with E-state index in [9.17, 15) is 18.3 Å². The van der Waals surface area contributed by atoms with Crippen LogP contribution in [-0.4, -0.2) is 36.5 Å². The number of hydrogen-bond acceptors (Lipinski definition) is 4. The molecule has 0 amide bonds. The van der Waals surface area contributed by atoms with Crippen molar-refractivity contribution in [2.45, 2.75) is 25.8 Å². The largest absolute Gasteiger partial charge is 0.573 e. The molecule has 4 rings (SSSR count). The van der Waals surface area contributed by atoms with Crippen molar-refractivity contribution in [3.63, 3.8) is 0 Å². The molecule has 2 heterocycles. The molecule has 1 saturated heterocycles. The minimum Gasteiger partial charge on any atom is -0.461 e. The first kappa shape index (κ1) is 21.5. The molecule has 0 saturated carbocycles. The Morgan fingerprint density at radius 3 is 2.23 bits per heavy atom. The van der Waals surface area contributed by atoms with Crippen LogP contribution in [0.25, 0.3) is 11.3 Å². The Kier molecular flexibility index (Phi) is 5.14. The maximum atomic E-state index is 12.6. The highest BCUT2D eigenvalue weighted by Crippen LogP contribution is 2.50. The highest BCUT2D eigenvalue weighted by atomic mass is 19.4. The number of rotatable bonds is 5. The molecule has 164 valence electrons. The van der Waals surface area contributed by atoms with Crippen LogP contribution in [0.5, 0.6) is 5.75 Å². The molecule has 1 fully saturated rings. The number of alkyl halides is 3. The van der Waals surface area contributed by atoms with Crippen molar-refractivity contribution in [1.82, 2.24) is 4.90 Å². The van der Waals surface area contributed by atoms with Gasteiger partial charge in [-0.05, 0) is 55.4 Å². The van der Waals surface area contributed by atoms with Crippen LogP contribution in [0.3, 0.4) is 0 Å². The van der Waals surface area contributed by atoms with E-state index in [1.165, 1.54) is 24.3 Å². The number of halogens is 3. The second kappa shape index (κ2) is 7.43. The summed E-state index contributed by atoms with van der Waals surface area (Å²) in [5.74, 6) is 1.14. The first-order valence-corrected chi connectivity index (χ1v) is 9.95. The molecule has 7 heteroatoms. The molecule has 1 aliphatic heterocycles. The molecule has 0 radical (unpaired) electrons. The number of likely N-dealkylation sites (tertiary alicyclic amines) is 1. The van der Waals surface area contributed by atoms with E-state index in [0.717, 1.165) is 11.3 Å². The van der Waals surface area contributed by atoms with E-state index in [2.05, 4.69) is 9.64 Å². The lowest BCUT2D eigenvalue weighted by molar-refractivity contribution is -0.274. The summed E-state index contributed by atoms with van der Waals surface area (Å²) in [6, 6.07) is 16.7. The fourth-order valence-electron chi connectivity index (χ4n) is 4.62. The maximum absolute atomic E-state index is 12.6. The molecule has 4 nitrogen and oxygen atoms in total. The van der Waals surface area contributed by atoms with Gasteiger partial charge in [-0.15, -0.1) is 13.2 Å². The van der Waals surface area contributed by atoms with Crippen LogP contribution in [0.4, 0.5) is 13.2 Å². The molecule has 1 atom stereocenters. The Morgan fingerprint density at radius 2 is 1.68 bits per heavy atom. The van der Waals surface area contributed by atoms with Crippen LogP contribution in [0.1, 0.15) is 23.8 Å². The fourth-order valence-corrected chi connectivity index (χ4v) is 4.62. The van der Waals surface area contributed by atoms with Crippen LogP contribution in [0.15, 0.2) is 65.1 Å². The molecule has 0 aliphatic carbocycles. The molecule has 1 unspecified atom stereocenters. The molecule has 2 aromatic carbocycles. The number of aliphatic hydroxyl groups is 1. The number of furan rings is 1. The van der Waals surface area contributed by atoms with E-state index in [1.54, 1.807) is 0 Å². The van der Waals surface area contributed by atoms with Gasteiger partial charge in [-0.25, -0.2) is 0 Å². The maximum Gasteiger partial charge on any atom is 0.573 e. The van der Waals surface area contributed by atoms with E-state index < -0.39 is 17.4 Å². The van der Waals surface area contributed by atoms with Crippen LogP contribution in [0, 0.1) is 12.3 Å². The lowest BCUT2D eigenvalue weighted by Crippen LogP contribution is -2.63. The number of benzene rings is 2. The zero-order chi connectivity index (χ0) is 22.4. The zero-order valence-corrected chi connectivity index (χ0v) is 17.5. The summed E-state index contributed by atoms with van der Waals surface area (Å²) < 4.78 is 47.4. The molecular weight excluding hydrogens is 407 g/mol. The minimum atomic E-state index is -4.77. The van der Waals surface area contributed by atoms with Crippen molar-refractivity contribution >= 4 is 0 Å². The van der Waals surface area contributed by atoms with E-state index in [0.29, 0.717) is 30.0 Å². The van der Waals surface area contributed by atoms with Gasteiger partial charge in [0.15, 0.2) is 0 Å². The van der Waals surface area contributed by atoms with Gasteiger partial charge in [0.1, 0.15) is 22.9 Å². The van der Waals surface area contributed by atoms with Crippen molar-refractivity contribution in [3.8, 4) is 17.1 Å². The molecule has 1 aromatic heterocycles. The summed E-state index contributed by atoms with van der Waals surface area (Å²) in [4.78, 5) is 2.09. The Labute approximate surface area is 178 Å². The smallest absolute Gasteiger partial charge is 0.461 e. The van der Waals surface area contributed by atoms with Gasteiger partial charge >= 0.3 is 6.36 Å². The fraction of sp³-hybridized carbons (Fsp3) is 0.333. The third-order valence-corrected chi connectivity index (χ3v) is 5.92.